The highest BCUT2D eigenvalue weighted by atomic mass is 16.7. The minimum Gasteiger partial charge on any atom is -0.394 e. The van der Waals surface area contributed by atoms with Gasteiger partial charge in [0.05, 0.1) is 32.0 Å². The Bertz CT molecular complexity index is 1050. The fourth-order valence-electron chi connectivity index (χ4n) is 7.03. The van der Waals surface area contributed by atoms with E-state index in [1.165, 1.54) is 44.9 Å². The fourth-order valence-corrected chi connectivity index (χ4v) is 7.03. The number of aliphatic hydroxyl groups is 8. The van der Waals surface area contributed by atoms with Gasteiger partial charge in [0.25, 0.3) is 0 Å². The first-order chi connectivity index (χ1) is 27.1. The van der Waals surface area contributed by atoms with Crippen LogP contribution in [0.1, 0.15) is 142 Å². The summed E-state index contributed by atoms with van der Waals surface area (Å²) in [5, 5.41) is 86.0. The molecule has 56 heavy (non-hydrogen) atoms. The van der Waals surface area contributed by atoms with Crippen LogP contribution in [0.25, 0.3) is 0 Å². The lowest BCUT2D eigenvalue weighted by Gasteiger charge is -2.46. The van der Waals surface area contributed by atoms with E-state index in [-0.39, 0.29) is 12.5 Å². The lowest BCUT2D eigenvalue weighted by Crippen LogP contribution is -2.65. The standard InChI is InChI=1S/C42H77NO13/c1-3-5-7-9-10-11-12-13-14-15-16-17-18-19-20-22-24-26-34(47)43-30(31(46)25-23-21-8-6-4-2)29-53-41-39(52)37(50)40(33(28-45)55-41)56-42-38(51)36(49)35(48)32(27-44)54-42/h10-11,13-14,30-33,35-42,44-46,48-52H,3-9,12,15-29H2,1-2H3,(H,43,47)/b11-10-,14-13-. The van der Waals surface area contributed by atoms with E-state index in [4.69, 9.17) is 18.9 Å². The number of hydrogen-bond donors (Lipinski definition) is 9. The molecule has 0 aromatic heterocycles. The molecule has 2 aliphatic heterocycles. The molecule has 14 nitrogen and oxygen atoms in total. The van der Waals surface area contributed by atoms with Crippen LogP contribution in [0, 0.1) is 0 Å². The fraction of sp³-hybridized carbons (Fsp3) is 0.881. The summed E-state index contributed by atoms with van der Waals surface area (Å²) in [5.74, 6) is -0.224. The number of unbranched alkanes of at least 4 members (excludes halogenated alkanes) is 14. The first-order valence-electron chi connectivity index (χ1n) is 21.6. The highest BCUT2D eigenvalue weighted by molar-refractivity contribution is 5.76. The van der Waals surface area contributed by atoms with Crippen molar-refractivity contribution in [3.8, 4) is 0 Å². The average molecular weight is 804 g/mol. The molecule has 2 heterocycles. The molecule has 328 valence electrons. The second kappa shape index (κ2) is 30.5. The summed E-state index contributed by atoms with van der Waals surface area (Å²) in [6.45, 7) is 2.69. The second-order valence-corrected chi connectivity index (χ2v) is 15.5. The van der Waals surface area contributed by atoms with Crippen LogP contribution in [0.5, 0.6) is 0 Å². The SMILES string of the molecule is CCCCC/C=C\C/C=C\CCCCCCCCCC(=O)NC(COC1OC(CO)C(OC2OC(CO)C(O)C(O)C2O)C(O)C1O)C(O)CCCCCCC. The topological polar surface area (TPSA) is 228 Å². The van der Waals surface area contributed by atoms with Crippen LogP contribution in [-0.4, -0.2) is 140 Å². The van der Waals surface area contributed by atoms with Crippen LogP contribution in [0.15, 0.2) is 24.3 Å². The second-order valence-electron chi connectivity index (χ2n) is 15.5. The number of carbonyl (C=O) groups excluding carboxylic acids is 1. The van der Waals surface area contributed by atoms with E-state index in [9.17, 15) is 45.6 Å². The zero-order valence-electron chi connectivity index (χ0n) is 34.1. The Hall–Kier alpha value is -1.53. The molecule has 12 atom stereocenters. The number of ether oxygens (including phenoxy) is 4. The molecule has 1 amide bonds. The third-order valence-corrected chi connectivity index (χ3v) is 10.7. The van der Waals surface area contributed by atoms with Crippen LogP contribution >= 0.6 is 0 Å². The molecular formula is C42H77NO13. The molecule has 12 unspecified atom stereocenters. The molecule has 0 radical (unpaired) electrons. The molecule has 0 saturated carbocycles. The number of carbonyl (C=O) groups is 1. The average Bonchev–Trinajstić information content (AvgIpc) is 3.19. The Balaban J connectivity index is 1.81. The Morgan fingerprint density at radius 3 is 1.82 bits per heavy atom. The number of hydrogen-bond acceptors (Lipinski definition) is 13. The van der Waals surface area contributed by atoms with Gasteiger partial charge in [-0.3, -0.25) is 4.79 Å². The Morgan fingerprint density at radius 1 is 0.643 bits per heavy atom. The van der Waals surface area contributed by atoms with Crippen molar-refractivity contribution in [3.05, 3.63) is 24.3 Å². The van der Waals surface area contributed by atoms with Gasteiger partial charge in [-0.2, -0.15) is 0 Å². The lowest BCUT2D eigenvalue weighted by molar-refractivity contribution is -0.359. The normalized spacial score (nSPS) is 29.6. The van der Waals surface area contributed by atoms with Crippen LogP contribution < -0.4 is 5.32 Å². The molecule has 2 fully saturated rings. The van der Waals surface area contributed by atoms with Gasteiger partial charge in [-0.05, 0) is 44.9 Å². The summed E-state index contributed by atoms with van der Waals surface area (Å²) >= 11 is 0. The largest absolute Gasteiger partial charge is 0.394 e. The summed E-state index contributed by atoms with van der Waals surface area (Å²) in [4.78, 5) is 13.0. The van der Waals surface area contributed by atoms with Crippen molar-refractivity contribution in [1.82, 2.24) is 5.32 Å². The minimum atomic E-state index is -1.78. The minimum absolute atomic E-state index is 0.224. The van der Waals surface area contributed by atoms with Crippen molar-refractivity contribution in [2.45, 2.75) is 216 Å². The van der Waals surface area contributed by atoms with Crippen molar-refractivity contribution < 1.29 is 64.6 Å². The molecule has 0 spiro atoms. The van der Waals surface area contributed by atoms with Crippen molar-refractivity contribution in [3.63, 3.8) is 0 Å². The van der Waals surface area contributed by atoms with E-state index in [0.29, 0.717) is 19.3 Å². The highest BCUT2D eigenvalue weighted by Gasteiger charge is 2.50. The molecule has 2 rings (SSSR count). The number of nitrogens with one attached hydrogen (secondary N) is 1. The molecule has 0 aliphatic carbocycles. The quantitative estimate of drug-likeness (QED) is 0.0362. The molecule has 0 aromatic carbocycles. The molecule has 9 N–H and O–H groups in total. The van der Waals surface area contributed by atoms with E-state index in [1.807, 2.05) is 0 Å². The predicted molar refractivity (Wildman–Crippen MR) is 212 cm³/mol. The van der Waals surface area contributed by atoms with Gasteiger partial charge in [-0.15, -0.1) is 0 Å². The van der Waals surface area contributed by atoms with Crippen molar-refractivity contribution >= 4 is 5.91 Å². The van der Waals surface area contributed by atoms with Gasteiger partial charge in [0.15, 0.2) is 12.6 Å². The summed E-state index contributed by atoms with van der Waals surface area (Å²) < 4.78 is 22.5. The van der Waals surface area contributed by atoms with E-state index in [0.717, 1.165) is 64.2 Å². The molecule has 14 heteroatoms. The Morgan fingerprint density at radius 2 is 1.18 bits per heavy atom. The number of aliphatic hydroxyl groups excluding tert-OH is 8. The van der Waals surface area contributed by atoms with E-state index >= 15 is 0 Å². The van der Waals surface area contributed by atoms with Gasteiger partial charge in [-0.25, -0.2) is 0 Å². The van der Waals surface area contributed by atoms with Crippen LogP contribution in [-0.2, 0) is 23.7 Å². The van der Waals surface area contributed by atoms with Gasteiger partial charge in [0.1, 0.15) is 48.8 Å². The summed E-state index contributed by atoms with van der Waals surface area (Å²) in [6.07, 6.45) is 12.5. The third kappa shape index (κ3) is 19.0. The molecule has 0 bridgehead atoms. The molecular weight excluding hydrogens is 726 g/mol. The Labute approximate surface area is 335 Å². The molecule has 2 saturated heterocycles. The van der Waals surface area contributed by atoms with Crippen LogP contribution in [0.4, 0.5) is 0 Å². The zero-order chi connectivity index (χ0) is 41.1. The first-order valence-corrected chi connectivity index (χ1v) is 21.6. The maximum Gasteiger partial charge on any atom is 0.220 e. The Kier molecular flexibility index (Phi) is 27.6. The first kappa shape index (κ1) is 50.6. The van der Waals surface area contributed by atoms with E-state index < -0.39 is 86.8 Å². The number of rotatable bonds is 31. The van der Waals surface area contributed by atoms with Gasteiger partial charge in [0, 0.05) is 6.42 Å². The maximum absolute atomic E-state index is 13.0. The number of amides is 1. The van der Waals surface area contributed by atoms with Crippen LogP contribution in [0.2, 0.25) is 0 Å². The summed E-state index contributed by atoms with van der Waals surface area (Å²) in [7, 11) is 0. The summed E-state index contributed by atoms with van der Waals surface area (Å²) in [5.41, 5.74) is 0. The summed E-state index contributed by atoms with van der Waals surface area (Å²) in [6, 6.07) is -0.826. The van der Waals surface area contributed by atoms with E-state index in [1.54, 1.807) is 0 Å². The lowest BCUT2D eigenvalue weighted by atomic mass is 9.97. The predicted octanol–water partition coefficient (Wildman–Crippen LogP) is 3.43. The van der Waals surface area contributed by atoms with Crippen molar-refractivity contribution in [2.75, 3.05) is 19.8 Å². The maximum atomic E-state index is 13.0. The van der Waals surface area contributed by atoms with Gasteiger partial charge in [0.2, 0.25) is 5.91 Å². The smallest absolute Gasteiger partial charge is 0.220 e. The van der Waals surface area contributed by atoms with Gasteiger partial charge < -0.3 is 65.1 Å². The van der Waals surface area contributed by atoms with Gasteiger partial charge >= 0.3 is 0 Å². The van der Waals surface area contributed by atoms with Crippen molar-refractivity contribution in [1.29, 1.82) is 0 Å². The molecule has 0 aromatic rings. The van der Waals surface area contributed by atoms with Crippen molar-refractivity contribution in [2.24, 2.45) is 0 Å². The zero-order valence-corrected chi connectivity index (χ0v) is 34.1. The highest BCUT2D eigenvalue weighted by Crippen LogP contribution is 2.30. The van der Waals surface area contributed by atoms with Crippen LogP contribution in [0.3, 0.4) is 0 Å². The third-order valence-electron chi connectivity index (χ3n) is 10.7. The van der Waals surface area contributed by atoms with Gasteiger partial charge in [-0.1, -0.05) is 115 Å². The monoisotopic (exact) mass is 804 g/mol. The molecule has 2 aliphatic rings. The number of allylic oxidation sites excluding steroid dienone is 4. The van der Waals surface area contributed by atoms with E-state index in [2.05, 4.69) is 43.5 Å².